The summed E-state index contributed by atoms with van der Waals surface area (Å²) in [5.74, 6) is 1.19. The number of ether oxygens (including phenoxy) is 1. The molecule has 174 valence electrons. The number of carbonyl (C=O) groups excluding carboxylic acids is 1. The Morgan fingerprint density at radius 1 is 1.09 bits per heavy atom. The Morgan fingerprint density at radius 2 is 1.82 bits per heavy atom. The van der Waals surface area contributed by atoms with Gasteiger partial charge in [0.05, 0.1) is 35.9 Å². The zero-order chi connectivity index (χ0) is 23.9. The number of hydrogen-bond donors (Lipinski definition) is 1. The number of hydrogen-bond acceptors (Lipinski definition) is 6. The van der Waals surface area contributed by atoms with Gasteiger partial charge in [0, 0.05) is 11.3 Å². The molecule has 0 aliphatic carbocycles. The number of rotatable bonds is 5. The lowest BCUT2D eigenvalue weighted by Crippen LogP contribution is -2.15. The molecule has 1 amide bonds. The highest BCUT2D eigenvalue weighted by Gasteiger charge is 2.32. The minimum Gasteiger partial charge on any atom is -0.497 e. The van der Waals surface area contributed by atoms with E-state index in [1.807, 2.05) is 60.0 Å². The van der Waals surface area contributed by atoms with Gasteiger partial charge in [0.1, 0.15) is 17.1 Å². The van der Waals surface area contributed by atoms with Crippen molar-refractivity contribution in [3.8, 4) is 17.0 Å². The monoisotopic (exact) mass is 476 g/mol. The molecule has 3 heterocycles. The summed E-state index contributed by atoms with van der Waals surface area (Å²) in [5, 5.41) is 2.89. The van der Waals surface area contributed by atoms with Gasteiger partial charge in [-0.3, -0.25) is 4.79 Å². The van der Waals surface area contributed by atoms with E-state index in [0.717, 1.165) is 5.56 Å². The number of benzene rings is 2. The third-order valence-corrected chi connectivity index (χ3v) is 7.81. The highest BCUT2D eigenvalue weighted by atomic mass is 32.2. The van der Waals surface area contributed by atoms with Gasteiger partial charge in [-0.2, -0.15) is 0 Å². The van der Waals surface area contributed by atoms with Crippen molar-refractivity contribution < 1.29 is 17.9 Å². The number of fused-ring (bicyclic) bond motifs is 1. The molecule has 0 spiro atoms. The first-order valence-electron chi connectivity index (χ1n) is 11.0. The second-order valence-electron chi connectivity index (χ2n) is 8.36. The molecule has 0 radical (unpaired) electrons. The van der Waals surface area contributed by atoms with E-state index in [9.17, 15) is 13.2 Å². The van der Waals surface area contributed by atoms with Gasteiger partial charge in [0.2, 0.25) is 0 Å². The van der Waals surface area contributed by atoms with Crippen molar-refractivity contribution in [3.05, 3.63) is 72.2 Å². The number of nitrogens with zero attached hydrogens (tertiary/aromatic N) is 3. The number of nitrogens with one attached hydrogen (secondary N) is 1. The molecule has 1 aliphatic rings. The molecule has 1 saturated heterocycles. The Hall–Kier alpha value is -3.72. The SMILES string of the molecule is COc1ccc(-c2cc3c(nc(C)n3C3CCS(=O)(=O)C3)c(C(=O)Nc3ccccc3)n2)cc1. The van der Waals surface area contributed by atoms with Crippen molar-refractivity contribution in [1.82, 2.24) is 14.5 Å². The summed E-state index contributed by atoms with van der Waals surface area (Å²) < 4.78 is 31.6. The van der Waals surface area contributed by atoms with Crippen molar-refractivity contribution in [2.24, 2.45) is 0 Å². The lowest BCUT2D eigenvalue weighted by atomic mass is 10.1. The fraction of sp³-hybridized carbons (Fsp3) is 0.240. The molecule has 1 atom stereocenters. The zero-order valence-corrected chi connectivity index (χ0v) is 19.7. The summed E-state index contributed by atoms with van der Waals surface area (Å²) in [4.78, 5) is 22.7. The molecule has 4 aromatic rings. The van der Waals surface area contributed by atoms with E-state index in [1.54, 1.807) is 19.2 Å². The van der Waals surface area contributed by atoms with E-state index in [4.69, 9.17) is 4.74 Å². The Morgan fingerprint density at radius 3 is 2.47 bits per heavy atom. The number of anilines is 1. The summed E-state index contributed by atoms with van der Waals surface area (Å²) in [6, 6.07) is 18.2. The van der Waals surface area contributed by atoms with Crippen LogP contribution in [0.2, 0.25) is 0 Å². The molecule has 9 heteroatoms. The topological polar surface area (TPSA) is 103 Å². The highest BCUT2D eigenvalue weighted by Crippen LogP contribution is 2.33. The van der Waals surface area contributed by atoms with E-state index in [1.165, 1.54) is 0 Å². The molecule has 1 N–H and O–H groups in total. The van der Waals surface area contributed by atoms with Crippen molar-refractivity contribution in [1.29, 1.82) is 0 Å². The third kappa shape index (κ3) is 4.14. The van der Waals surface area contributed by atoms with Crippen LogP contribution >= 0.6 is 0 Å². The van der Waals surface area contributed by atoms with Gasteiger partial charge in [0.25, 0.3) is 5.91 Å². The van der Waals surface area contributed by atoms with Gasteiger partial charge < -0.3 is 14.6 Å². The number of para-hydroxylation sites is 1. The normalized spacial score (nSPS) is 17.1. The first-order chi connectivity index (χ1) is 16.3. The standard InChI is InChI=1S/C25H24N4O4S/c1-16-26-23-22(29(16)19-12-13-34(31,32)15-19)14-21(17-8-10-20(33-2)11-9-17)28-24(23)25(30)27-18-6-4-3-5-7-18/h3-11,14,19H,12-13,15H2,1-2H3,(H,27,30). The predicted octanol–water partition coefficient (Wildman–Crippen LogP) is 4.03. The summed E-state index contributed by atoms with van der Waals surface area (Å²) in [7, 11) is -1.50. The molecule has 1 unspecified atom stereocenters. The van der Waals surface area contributed by atoms with Crippen LogP contribution < -0.4 is 10.1 Å². The van der Waals surface area contributed by atoms with Gasteiger partial charge in [-0.15, -0.1) is 0 Å². The minimum atomic E-state index is -3.10. The van der Waals surface area contributed by atoms with Crippen LogP contribution in [-0.2, 0) is 9.84 Å². The quantitative estimate of drug-likeness (QED) is 0.467. The van der Waals surface area contributed by atoms with E-state index in [2.05, 4.69) is 15.3 Å². The van der Waals surface area contributed by atoms with E-state index in [-0.39, 0.29) is 29.1 Å². The number of pyridine rings is 1. The average Bonchev–Trinajstić information content (AvgIpc) is 3.36. The second kappa shape index (κ2) is 8.57. The Balaban J connectivity index is 1.67. The lowest BCUT2D eigenvalue weighted by Gasteiger charge is -2.15. The van der Waals surface area contributed by atoms with Crippen LogP contribution in [0.5, 0.6) is 5.75 Å². The maximum Gasteiger partial charge on any atom is 0.276 e. The molecule has 5 rings (SSSR count). The summed E-state index contributed by atoms with van der Waals surface area (Å²) in [5.41, 5.74) is 3.38. The Labute approximate surface area is 197 Å². The van der Waals surface area contributed by atoms with Crippen LogP contribution in [-0.4, -0.2) is 47.5 Å². The molecular formula is C25H24N4O4S. The van der Waals surface area contributed by atoms with E-state index in [0.29, 0.717) is 40.4 Å². The molecule has 2 aromatic heterocycles. The van der Waals surface area contributed by atoms with Crippen LogP contribution in [0.4, 0.5) is 5.69 Å². The van der Waals surface area contributed by atoms with Gasteiger partial charge in [-0.05, 0) is 55.8 Å². The number of aryl methyl sites for hydroxylation is 1. The number of aromatic nitrogens is 3. The van der Waals surface area contributed by atoms with Gasteiger partial charge >= 0.3 is 0 Å². The van der Waals surface area contributed by atoms with Crippen molar-refractivity contribution in [2.45, 2.75) is 19.4 Å². The predicted molar refractivity (Wildman–Crippen MR) is 131 cm³/mol. The Bertz CT molecular complexity index is 1480. The third-order valence-electron chi connectivity index (χ3n) is 6.06. The second-order valence-corrected chi connectivity index (χ2v) is 10.6. The van der Waals surface area contributed by atoms with Crippen molar-refractivity contribution in [3.63, 3.8) is 0 Å². The fourth-order valence-corrected chi connectivity index (χ4v) is 6.13. The van der Waals surface area contributed by atoms with E-state index < -0.39 is 9.84 Å². The molecule has 0 saturated carbocycles. The van der Waals surface area contributed by atoms with Crippen LogP contribution in [0.3, 0.4) is 0 Å². The molecule has 2 aromatic carbocycles. The molecule has 0 bridgehead atoms. The average molecular weight is 477 g/mol. The van der Waals surface area contributed by atoms with E-state index >= 15 is 0 Å². The van der Waals surface area contributed by atoms with Gasteiger partial charge in [-0.1, -0.05) is 18.2 Å². The summed E-state index contributed by atoms with van der Waals surface area (Å²) in [6.07, 6.45) is 0.514. The molecule has 1 fully saturated rings. The highest BCUT2D eigenvalue weighted by molar-refractivity contribution is 7.91. The smallest absolute Gasteiger partial charge is 0.276 e. The van der Waals surface area contributed by atoms with Crippen LogP contribution in [0.15, 0.2) is 60.7 Å². The summed E-state index contributed by atoms with van der Waals surface area (Å²) in [6.45, 7) is 1.83. The Kier molecular flexibility index (Phi) is 5.57. The fourth-order valence-electron chi connectivity index (χ4n) is 4.43. The minimum absolute atomic E-state index is 0.0606. The number of carbonyl (C=O) groups is 1. The maximum absolute atomic E-state index is 13.3. The van der Waals surface area contributed by atoms with Crippen LogP contribution in [0.1, 0.15) is 28.8 Å². The number of methoxy groups -OCH3 is 1. The maximum atomic E-state index is 13.3. The first-order valence-corrected chi connectivity index (χ1v) is 12.8. The largest absolute Gasteiger partial charge is 0.497 e. The summed E-state index contributed by atoms with van der Waals surface area (Å²) >= 11 is 0. The zero-order valence-electron chi connectivity index (χ0n) is 18.9. The first kappa shape index (κ1) is 22.1. The molecule has 8 nitrogen and oxygen atoms in total. The van der Waals surface area contributed by atoms with Crippen LogP contribution in [0.25, 0.3) is 22.3 Å². The van der Waals surface area contributed by atoms with Gasteiger partial charge in [-0.25, -0.2) is 18.4 Å². The number of imidazole rings is 1. The van der Waals surface area contributed by atoms with Gasteiger partial charge in [0.15, 0.2) is 15.5 Å². The molecular weight excluding hydrogens is 452 g/mol. The lowest BCUT2D eigenvalue weighted by molar-refractivity contribution is 0.102. The van der Waals surface area contributed by atoms with Crippen molar-refractivity contribution in [2.75, 3.05) is 23.9 Å². The molecule has 34 heavy (non-hydrogen) atoms. The molecule has 1 aliphatic heterocycles. The number of sulfone groups is 1. The van der Waals surface area contributed by atoms with Crippen LogP contribution in [0, 0.1) is 6.92 Å². The van der Waals surface area contributed by atoms with Crippen molar-refractivity contribution >= 4 is 32.5 Å². The number of amides is 1.